The van der Waals surface area contributed by atoms with E-state index >= 15 is 0 Å². The highest BCUT2D eigenvalue weighted by molar-refractivity contribution is 4.87. The summed E-state index contributed by atoms with van der Waals surface area (Å²) in [5.41, 5.74) is 8.04. The molecule has 0 aliphatic carbocycles. The number of aliphatic hydroxyl groups excluding tert-OH is 3. The van der Waals surface area contributed by atoms with Crippen molar-refractivity contribution in [2.24, 2.45) is 5.11 Å². The first-order valence-corrected chi connectivity index (χ1v) is 3.37. The van der Waals surface area contributed by atoms with E-state index in [1.165, 1.54) is 0 Å². The summed E-state index contributed by atoms with van der Waals surface area (Å²) in [7, 11) is 0. The maximum atomic E-state index is 9.18. The molecule has 0 saturated carbocycles. The van der Waals surface area contributed by atoms with Crippen molar-refractivity contribution >= 4 is 0 Å². The maximum absolute atomic E-state index is 9.18. The molecule has 0 bridgehead atoms. The average Bonchev–Trinajstić information content (AvgIpc) is 2.07. The molecule has 1 aliphatic heterocycles. The molecule has 0 aromatic rings. The van der Waals surface area contributed by atoms with Gasteiger partial charge >= 0.3 is 0 Å². The summed E-state index contributed by atoms with van der Waals surface area (Å²) in [5.74, 6) is 0. The Balaban J connectivity index is 2.64. The van der Waals surface area contributed by atoms with E-state index in [9.17, 15) is 5.11 Å². The van der Waals surface area contributed by atoms with Gasteiger partial charge in [-0.2, -0.15) is 0 Å². The minimum absolute atomic E-state index is 0.0938. The van der Waals surface area contributed by atoms with E-state index < -0.39 is 24.5 Å². The topological polar surface area (TPSA) is 119 Å². The Kier molecular flexibility index (Phi) is 2.85. The Bertz CT molecular complexity index is 205. The molecule has 0 aromatic carbocycles. The van der Waals surface area contributed by atoms with Crippen LogP contribution in [0, 0.1) is 0 Å². The third-order valence-electron chi connectivity index (χ3n) is 1.67. The summed E-state index contributed by atoms with van der Waals surface area (Å²) in [4.78, 5) is 2.46. The Labute approximate surface area is 67.8 Å². The molecule has 4 atom stereocenters. The van der Waals surface area contributed by atoms with Gasteiger partial charge in [0.25, 0.3) is 0 Å². The van der Waals surface area contributed by atoms with Crippen LogP contribution in [0.3, 0.4) is 0 Å². The van der Waals surface area contributed by atoms with Crippen molar-refractivity contribution in [2.75, 3.05) is 6.61 Å². The molecule has 0 aromatic heterocycles. The monoisotopic (exact) mass is 175 g/mol. The highest BCUT2D eigenvalue weighted by Gasteiger charge is 2.36. The van der Waals surface area contributed by atoms with Crippen LogP contribution in [0.25, 0.3) is 10.4 Å². The fourth-order valence-electron chi connectivity index (χ4n) is 0.959. The summed E-state index contributed by atoms with van der Waals surface area (Å²) in [5, 5.41) is 30.3. The van der Waals surface area contributed by atoms with Gasteiger partial charge in [0, 0.05) is 4.91 Å². The van der Waals surface area contributed by atoms with Crippen LogP contribution in [0.4, 0.5) is 0 Å². The molecule has 1 unspecified atom stereocenters. The zero-order valence-electron chi connectivity index (χ0n) is 6.11. The molecule has 1 heterocycles. The number of hydrogen-bond donors (Lipinski definition) is 3. The molecule has 68 valence electrons. The highest BCUT2D eigenvalue weighted by Crippen LogP contribution is 2.15. The lowest BCUT2D eigenvalue weighted by molar-refractivity contribution is -0.225. The van der Waals surface area contributed by atoms with Crippen LogP contribution >= 0.6 is 0 Å². The van der Waals surface area contributed by atoms with Crippen LogP contribution in [0.2, 0.25) is 0 Å². The molecule has 0 radical (unpaired) electrons. The summed E-state index contributed by atoms with van der Waals surface area (Å²) in [6.07, 6.45) is -4.11. The quantitative estimate of drug-likeness (QED) is 0.261. The molecular formula is C5H9N3O4. The van der Waals surface area contributed by atoms with Crippen LogP contribution in [-0.4, -0.2) is 46.5 Å². The fraction of sp³-hybridized carbons (Fsp3) is 1.00. The Morgan fingerprint density at radius 2 is 2.00 bits per heavy atom. The van der Waals surface area contributed by atoms with Gasteiger partial charge in [0.2, 0.25) is 0 Å². The number of nitrogens with zero attached hydrogens (tertiary/aromatic N) is 3. The highest BCUT2D eigenvalue weighted by atomic mass is 16.6. The molecule has 12 heavy (non-hydrogen) atoms. The van der Waals surface area contributed by atoms with Gasteiger partial charge in [0.15, 0.2) is 6.29 Å². The molecule has 0 spiro atoms. The van der Waals surface area contributed by atoms with E-state index in [0.717, 1.165) is 0 Å². The second-order valence-corrected chi connectivity index (χ2v) is 2.48. The lowest BCUT2D eigenvalue weighted by Crippen LogP contribution is -2.51. The van der Waals surface area contributed by atoms with Gasteiger partial charge < -0.3 is 20.1 Å². The molecule has 1 rings (SSSR count). The van der Waals surface area contributed by atoms with E-state index in [-0.39, 0.29) is 6.61 Å². The van der Waals surface area contributed by atoms with Crippen LogP contribution in [-0.2, 0) is 4.74 Å². The first-order valence-electron chi connectivity index (χ1n) is 3.37. The summed E-state index contributed by atoms with van der Waals surface area (Å²) < 4.78 is 4.61. The van der Waals surface area contributed by atoms with E-state index in [1.807, 2.05) is 0 Å². The predicted octanol–water partition coefficient (Wildman–Crippen LogP) is -1.26. The zero-order chi connectivity index (χ0) is 9.14. The Morgan fingerprint density at radius 3 is 2.58 bits per heavy atom. The van der Waals surface area contributed by atoms with Crippen molar-refractivity contribution in [2.45, 2.75) is 24.5 Å². The second kappa shape index (κ2) is 3.70. The van der Waals surface area contributed by atoms with Gasteiger partial charge in [-0.1, -0.05) is 5.11 Å². The number of ether oxygens (including phenoxy) is 1. The zero-order valence-corrected chi connectivity index (χ0v) is 6.11. The smallest absolute Gasteiger partial charge is 0.183 e. The third kappa shape index (κ3) is 1.66. The van der Waals surface area contributed by atoms with Gasteiger partial charge in [-0.25, -0.2) is 0 Å². The first kappa shape index (κ1) is 9.24. The van der Waals surface area contributed by atoms with Gasteiger partial charge in [0.1, 0.15) is 6.10 Å². The SMILES string of the molecule is [N-]=[N+]=N[C@H]1CO[C@@H](O)C(O)[C@H]1O. The molecule has 3 N–H and O–H groups in total. The Hall–Kier alpha value is -0.850. The molecule has 0 amide bonds. The Morgan fingerprint density at radius 1 is 1.33 bits per heavy atom. The van der Waals surface area contributed by atoms with E-state index in [1.54, 1.807) is 0 Å². The standard InChI is InChI=1S/C5H9N3O4/c6-8-7-2-1-12-5(11)4(10)3(2)9/h2-5,9-11H,1H2/t2-,3-,4?,5+/m0/s1. The lowest BCUT2D eigenvalue weighted by atomic mass is 10.0. The third-order valence-corrected chi connectivity index (χ3v) is 1.67. The summed E-state index contributed by atoms with van der Waals surface area (Å²) >= 11 is 0. The van der Waals surface area contributed by atoms with Gasteiger partial charge in [-0.05, 0) is 5.53 Å². The minimum Gasteiger partial charge on any atom is -0.390 e. The summed E-state index contributed by atoms with van der Waals surface area (Å²) in [6.45, 7) is -0.0938. The number of hydrogen-bond acceptors (Lipinski definition) is 5. The van der Waals surface area contributed by atoms with Crippen molar-refractivity contribution in [1.29, 1.82) is 0 Å². The van der Waals surface area contributed by atoms with Crippen LogP contribution in [0.5, 0.6) is 0 Å². The van der Waals surface area contributed by atoms with Crippen molar-refractivity contribution < 1.29 is 20.1 Å². The van der Waals surface area contributed by atoms with Gasteiger partial charge in [-0.15, -0.1) is 0 Å². The van der Waals surface area contributed by atoms with Crippen molar-refractivity contribution in [3.63, 3.8) is 0 Å². The van der Waals surface area contributed by atoms with E-state index in [4.69, 9.17) is 15.7 Å². The number of aliphatic hydroxyl groups is 3. The van der Waals surface area contributed by atoms with Gasteiger partial charge in [0.05, 0.1) is 18.8 Å². The molecule has 1 aliphatic rings. The molecular weight excluding hydrogens is 166 g/mol. The van der Waals surface area contributed by atoms with Crippen LogP contribution in [0.15, 0.2) is 5.11 Å². The maximum Gasteiger partial charge on any atom is 0.183 e. The van der Waals surface area contributed by atoms with Crippen LogP contribution < -0.4 is 0 Å². The molecule has 7 nitrogen and oxygen atoms in total. The van der Waals surface area contributed by atoms with Gasteiger partial charge in [-0.3, -0.25) is 0 Å². The molecule has 1 saturated heterocycles. The second-order valence-electron chi connectivity index (χ2n) is 2.48. The van der Waals surface area contributed by atoms with E-state index in [0.29, 0.717) is 0 Å². The van der Waals surface area contributed by atoms with Crippen molar-refractivity contribution in [3.05, 3.63) is 10.4 Å². The molecule has 7 heteroatoms. The molecule has 1 fully saturated rings. The van der Waals surface area contributed by atoms with E-state index in [2.05, 4.69) is 14.8 Å². The minimum atomic E-state index is -1.42. The normalized spacial score (nSPS) is 41.9. The number of rotatable bonds is 1. The first-order chi connectivity index (χ1) is 5.66. The number of azide groups is 1. The van der Waals surface area contributed by atoms with Crippen molar-refractivity contribution in [3.8, 4) is 0 Å². The predicted molar refractivity (Wildman–Crippen MR) is 36.9 cm³/mol. The average molecular weight is 175 g/mol. The van der Waals surface area contributed by atoms with Crippen LogP contribution in [0.1, 0.15) is 0 Å². The largest absolute Gasteiger partial charge is 0.390 e. The van der Waals surface area contributed by atoms with Crippen molar-refractivity contribution in [1.82, 2.24) is 0 Å². The lowest BCUT2D eigenvalue weighted by Gasteiger charge is -2.32. The fourth-order valence-corrected chi connectivity index (χ4v) is 0.959. The summed E-state index contributed by atoms with van der Waals surface area (Å²) in [6, 6.07) is -0.839.